The Morgan fingerprint density at radius 1 is 1.32 bits per heavy atom. The van der Waals surface area contributed by atoms with Gasteiger partial charge in [0.1, 0.15) is 0 Å². The molecule has 0 bridgehead atoms. The fourth-order valence-electron chi connectivity index (χ4n) is 1.53. The molecule has 1 aromatic heterocycles. The monoisotopic (exact) mass is 282 g/mol. The normalized spacial score (nSPS) is 11.5. The Hall–Kier alpha value is -1.93. The summed E-state index contributed by atoms with van der Waals surface area (Å²) in [6.07, 6.45) is 0.701. The average Bonchev–Trinajstić information content (AvgIpc) is 2.75. The van der Waals surface area contributed by atoms with E-state index in [2.05, 4.69) is 15.5 Å². The number of primary sulfonamides is 1. The van der Waals surface area contributed by atoms with Gasteiger partial charge in [0.2, 0.25) is 10.0 Å². The van der Waals surface area contributed by atoms with Crippen molar-refractivity contribution in [1.29, 1.82) is 0 Å². The zero-order chi connectivity index (χ0) is 13.9. The van der Waals surface area contributed by atoms with E-state index < -0.39 is 10.0 Å². The summed E-state index contributed by atoms with van der Waals surface area (Å²) in [6, 6.07) is 6.79. The molecule has 0 radical (unpaired) electrons. The van der Waals surface area contributed by atoms with Crippen LogP contribution < -0.4 is 10.5 Å². The van der Waals surface area contributed by atoms with Crippen LogP contribution in [0.3, 0.4) is 0 Å². The van der Waals surface area contributed by atoms with Crippen molar-refractivity contribution in [2.24, 2.45) is 5.14 Å². The third-order valence-electron chi connectivity index (χ3n) is 2.47. The van der Waals surface area contributed by atoms with E-state index in [1.807, 2.05) is 0 Å². The molecule has 1 heterocycles. The second-order valence-corrected chi connectivity index (χ2v) is 5.57. The molecule has 0 aliphatic heterocycles. The minimum atomic E-state index is -3.63. The van der Waals surface area contributed by atoms with E-state index >= 15 is 0 Å². The smallest absolute Gasteiger partial charge is 0.321 e. The van der Waals surface area contributed by atoms with E-state index in [1.54, 1.807) is 19.1 Å². The zero-order valence-electron chi connectivity index (χ0n) is 10.3. The van der Waals surface area contributed by atoms with E-state index in [-0.39, 0.29) is 4.90 Å². The van der Waals surface area contributed by atoms with Gasteiger partial charge in [-0.05, 0) is 31.0 Å². The van der Waals surface area contributed by atoms with Gasteiger partial charge in [-0.1, -0.05) is 17.3 Å². The predicted molar refractivity (Wildman–Crippen MR) is 69.0 cm³/mol. The Labute approximate surface area is 110 Å². The number of nitrogens with one attached hydrogen (secondary N) is 1. The van der Waals surface area contributed by atoms with Crippen molar-refractivity contribution in [3.05, 3.63) is 35.7 Å². The number of nitrogens with zero attached hydrogens (tertiary/aromatic N) is 2. The van der Waals surface area contributed by atoms with Crippen LogP contribution in [-0.2, 0) is 16.4 Å². The van der Waals surface area contributed by atoms with Gasteiger partial charge < -0.3 is 9.84 Å². The quantitative estimate of drug-likeness (QED) is 0.834. The summed E-state index contributed by atoms with van der Waals surface area (Å²) in [6.45, 7) is 2.34. The number of benzene rings is 1. The van der Waals surface area contributed by atoms with Gasteiger partial charge in [-0.3, -0.25) is 0 Å². The van der Waals surface area contributed by atoms with Crippen LogP contribution >= 0.6 is 0 Å². The molecule has 2 rings (SSSR count). The van der Waals surface area contributed by atoms with Crippen LogP contribution in [0.1, 0.15) is 11.4 Å². The largest absolute Gasteiger partial charge is 0.337 e. The molecule has 0 amide bonds. The van der Waals surface area contributed by atoms with Crippen LogP contribution in [0.15, 0.2) is 33.7 Å². The Kier molecular flexibility index (Phi) is 3.82. The molecule has 0 unspecified atom stereocenters. The lowest BCUT2D eigenvalue weighted by molar-refractivity contribution is 0.425. The van der Waals surface area contributed by atoms with Crippen LogP contribution in [-0.4, -0.2) is 25.1 Å². The Morgan fingerprint density at radius 2 is 2.00 bits per heavy atom. The summed E-state index contributed by atoms with van der Waals surface area (Å²) < 4.78 is 27.1. The van der Waals surface area contributed by atoms with E-state index in [1.165, 1.54) is 12.1 Å². The van der Waals surface area contributed by atoms with Crippen molar-refractivity contribution in [2.75, 3.05) is 11.9 Å². The first kappa shape index (κ1) is 13.5. The van der Waals surface area contributed by atoms with Gasteiger partial charge in [0.25, 0.3) is 0 Å². The van der Waals surface area contributed by atoms with Crippen molar-refractivity contribution >= 4 is 16.0 Å². The maximum Gasteiger partial charge on any atom is 0.321 e. The molecule has 102 valence electrons. The van der Waals surface area contributed by atoms with Crippen molar-refractivity contribution in [1.82, 2.24) is 10.1 Å². The van der Waals surface area contributed by atoms with Gasteiger partial charge in [0, 0.05) is 6.54 Å². The Morgan fingerprint density at radius 3 is 2.53 bits per heavy atom. The SMILES string of the molecule is Cc1noc(NCCc2ccc(S(N)(=O)=O)cc2)n1. The topological polar surface area (TPSA) is 111 Å². The van der Waals surface area contributed by atoms with Gasteiger partial charge in [0.05, 0.1) is 4.90 Å². The van der Waals surface area contributed by atoms with Crippen LogP contribution in [0.2, 0.25) is 0 Å². The number of aryl methyl sites for hydroxylation is 1. The highest BCUT2D eigenvalue weighted by Gasteiger charge is 2.06. The summed E-state index contributed by atoms with van der Waals surface area (Å²) in [5, 5.41) is 11.6. The van der Waals surface area contributed by atoms with Crippen LogP contribution in [0.4, 0.5) is 6.01 Å². The number of hydrogen-bond acceptors (Lipinski definition) is 6. The van der Waals surface area contributed by atoms with E-state index in [0.29, 0.717) is 24.8 Å². The Balaban J connectivity index is 1.90. The summed E-state index contributed by atoms with van der Waals surface area (Å²) in [7, 11) is -3.63. The number of rotatable bonds is 5. The lowest BCUT2D eigenvalue weighted by atomic mass is 10.1. The van der Waals surface area contributed by atoms with E-state index in [0.717, 1.165) is 5.56 Å². The highest BCUT2D eigenvalue weighted by molar-refractivity contribution is 7.89. The number of sulfonamides is 1. The van der Waals surface area contributed by atoms with E-state index in [4.69, 9.17) is 9.66 Å². The highest BCUT2D eigenvalue weighted by atomic mass is 32.2. The first-order chi connectivity index (χ1) is 8.95. The predicted octanol–water partition coefficient (Wildman–Crippen LogP) is 0.680. The minimum absolute atomic E-state index is 0.108. The molecule has 0 aliphatic carbocycles. The lowest BCUT2D eigenvalue weighted by Crippen LogP contribution is -2.12. The standard InChI is InChI=1S/C11H14N4O3S/c1-8-14-11(18-15-8)13-7-6-9-2-4-10(5-3-9)19(12,16)17/h2-5H,6-7H2,1H3,(H2,12,16,17)(H,13,14,15). The molecular weight excluding hydrogens is 268 g/mol. The molecule has 0 saturated carbocycles. The number of anilines is 1. The molecule has 7 nitrogen and oxygen atoms in total. The second kappa shape index (κ2) is 5.37. The first-order valence-electron chi connectivity index (χ1n) is 5.61. The molecule has 1 aromatic carbocycles. The molecule has 0 saturated heterocycles. The summed E-state index contributed by atoms with van der Waals surface area (Å²) >= 11 is 0. The molecule has 8 heteroatoms. The van der Waals surface area contributed by atoms with Crippen molar-refractivity contribution in [3.63, 3.8) is 0 Å². The fraction of sp³-hybridized carbons (Fsp3) is 0.273. The van der Waals surface area contributed by atoms with Gasteiger partial charge in [-0.15, -0.1) is 0 Å². The maximum atomic E-state index is 11.1. The van der Waals surface area contributed by atoms with Crippen LogP contribution in [0, 0.1) is 6.92 Å². The molecule has 3 N–H and O–H groups in total. The van der Waals surface area contributed by atoms with Gasteiger partial charge in [-0.25, -0.2) is 13.6 Å². The summed E-state index contributed by atoms with van der Waals surface area (Å²) in [5.74, 6) is 0.569. The third-order valence-corrected chi connectivity index (χ3v) is 3.40. The van der Waals surface area contributed by atoms with Crippen LogP contribution in [0.25, 0.3) is 0 Å². The second-order valence-electron chi connectivity index (χ2n) is 4.01. The van der Waals surface area contributed by atoms with Gasteiger partial charge >= 0.3 is 6.01 Å². The molecular formula is C11H14N4O3S. The number of nitrogens with two attached hydrogens (primary N) is 1. The summed E-state index contributed by atoms with van der Waals surface area (Å²) in [4.78, 5) is 4.11. The summed E-state index contributed by atoms with van der Waals surface area (Å²) in [5.41, 5.74) is 0.983. The van der Waals surface area contributed by atoms with Crippen molar-refractivity contribution in [3.8, 4) is 0 Å². The molecule has 0 fully saturated rings. The average molecular weight is 282 g/mol. The maximum absolute atomic E-state index is 11.1. The van der Waals surface area contributed by atoms with Crippen molar-refractivity contribution < 1.29 is 12.9 Å². The van der Waals surface area contributed by atoms with Crippen molar-refractivity contribution in [2.45, 2.75) is 18.2 Å². The van der Waals surface area contributed by atoms with E-state index in [9.17, 15) is 8.42 Å². The first-order valence-corrected chi connectivity index (χ1v) is 7.16. The number of hydrogen-bond donors (Lipinski definition) is 2. The minimum Gasteiger partial charge on any atom is -0.337 e. The van der Waals surface area contributed by atoms with Gasteiger partial charge in [-0.2, -0.15) is 4.98 Å². The molecule has 0 atom stereocenters. The lowest BCUT2D eigenvalue weighted by Gasteiger charge is -2.03. The van der Waals surface area contributed by atoms with Gasteiger partial charge in [0.15, 0.2) is 5.82 Å². The molecule has 2 aromatic rings. The van der Waals surface area contributed by atoms with Crippen LogP contribution in [0.5, 0.6) is 0 Å². The zero-order valence-corrected chi connectivity index (χ0v) is 11.1. The molecule has 0 spiro atoms. The molecule has 19 heavy (non-hydrogen) atoms. The fourth-order valence-corrected chi connectivity index (χ4v) is 2.04. The number of aromatic nitrogens is 2. The Bertz CT molecular complexity index is 649. The highest BCUT2D eigenvalue weighted by Crippen LogP contribution is 2.09. The molecule has 0 aliphatic rings. The third kappa shape index (κ3) is 3.76.